The summed E-state index contributed by atoms with van der Waals surface area (Å²) < 4.78 is 0. The van der Waals surface area contributed by atoms with Crippen LogP contribution in [0.2, 0.25) is 0 Å². The summed E-state index contributed by atoms with van der Waals surface area (Å²) in [6.07, 6.45) is 3.87. The average molecular weight is 357 g/mol. The Bertz CT molecular complexity index is 814. The highest BCUT2D eigenvalue weighted by molar-refractivity contribution is 7.13. The molecule has 0 aliphatic carbocycles. The quantitative estimate of drug-likeness (QED) is 0.657. The van der Waals surface area contributed by atoms with Gasteiger partial charge in [0.2, 0.25) is 5.91 Å². The van der Waals surface area contributed by atoms with Crippen molar-refractivity contribution in [1.29, 1.82) is 0 Å². The molecular formula is C17H15N3O2S2. The lowest BCUT2D eigenvalue weighted by Crippen LogP contribution is -2.23. The molecule has 0 radical (unpaired) electrons. The fraction of sp³-hybridized carbons (Fsp3) is 0.176. The standard InChI is InChI=1S/C17H15N3O2S2/c21-14(15-2-1-9-23-15)3-4-16(22)19-10-13-11-24-17(20-13)12-5-7-18-8-6-12/h1-2,5-9,11H,3-4,10H2,(H,19,22). The molecule has 0 unspecified atom stereocenters. The first-order valence-electron chi connectivity index (χ1n) is 7.40. The minimum Gasteiger partial charge on any atom is -0.350 e. The molecule has 1 N–H and O–H groups in total. The molecule has 24 heavy (non-hydrogen) atoms. The van der Waals surface area contributed by atoms with Crippen molar-refractivity contribution in [2.75, 3.05) is 0 Å². The first-order chi connectivity index (χ1) is 11.7. The summed E-state index contributed by atoms with van der Waals surface area (Å²) in [6, 6.07) is 7.41. The van der Waals surface area contributed by atoms with E-state index in [2.05, 4.69) is 15.3 Å². The largest absolute Gasteiger partial charge is 0.350 e. The van der Waals surface area contributed by atoms with E-state index in [9.17, 15) is 9.59 Å². The van der Waals surface area contributed by atoms with E-state index in [0.29, 0.717) is 11.4 Å². The van der Waals surface area contributed by atoms with Gasteiger partial charge in [-0.3, -0.25) is 14.6 Å². The summed E-state index contributed by atoms with van der Waals surface area (Å²) in [5.74, 6) is -0.132. The van der Waals surface area contributed by atoms with Gasteiger partial charge < -0.3 is 5.32 Å². The fourth-order valence-corrected chi connectivity index (χ4v) is 3.60. The Hall–Kier alpha value is -2.38. The molecule has 0 bridgehead atoms. The van der Waals surface area contributed by atoms with Crippen molar-refractivity contribution >= 4 is 34.4 Å². The van der Waals surface area contributed by atoms with Crippen LogP contribution in [0, 0.1) is 0 Å². The Morgan fingerprint density at radius 2 is 1.92 bits per heavy atom. The third kappa shape index (κ3) is 4.33. The molecule has 0 aromatic carbocycles. The van der Waals surface area contributed by atoms with Crippen LogP contribution in [-0.2, 0) is 11.3 Å². The van der Waals surface area contributed by atoms with Gasteiger partial charge in [0.05, 0.1) is 17.1 Å². The van der Waals surface area contributed by atoms with E-state index in [-0.39, 0.29) is 24.5 Å². The summed E-state index contributed by atoms with van der Waals surface area (Å²) in [7, 11) is 0. The van der Waals surface area contributed by atoms with E-state index in [0.717, 1.165) is 16.3 Å². The lowest BCUT2D eigenvalue weighted by molar-refractivity contribution is -0.121. The molecule has 0 fully saturated rings. The van der Waals surface area contributed by atoms with E-state index < -0.39 is 0 Å². The second-order valence-electron chi connectivity index (χ2n) is 5.06. The average Bonchev–Trinajstić information content (AvgIpc) is 3.30. The highest BCUT2D eigenvalue weighted by Crippen LogP contribution is 2.22. The molecule has 122 valence electrons. The van der Waals surface area contributed by atoms with Crippen molar-refractivity contribution in [2.45, 2.75) is 19.4 Å². The number of hydrogen-bond acceptors (Lipinski definition) is 6. The molecule has 3 heterocycles. The Morgan fingerprint density at radius 1 is 1.08 bits per heavy atom. The Labute approximate surface area is 147 Å². The van der Waals surface area contributed by atoms with Crippen molar-refractivity contribution < 1.29 is 9.59 Å². The van der Waals surface area contributed by atoms with E-state index in [4.69, 9.17) is 0 Å². The minimum atomic E-state index is -0.140. The maximum atomic E-state index is 11.9. The molecule has 3 aromatic rings. The first-order valence-corrected chi connectivity index (χ1v) is 9.16. The molecule has 0 spiro atoms. The third-order valence-electron chi connectivity index (χ3n) is 3.32. The normalized spacial score (nSPS) is 10.5. The van der Waals surface area contributed by atoms with Crippen LogP contribution in [-0.4, -0.2) is 21.7 Å². The van der Waals surface area contributed by atoms with Gasteiger partial charge in [-0.15, -0.1) is 22.7 Å². The summed E-state index contributed by atoms with van der Waals surface area (Å²) in [6.45, 7) is 0.369. The number of thiazole rings is 1. The topological polar surface area (TPSA) is 72.0 Å². The van der Waals surface area contributed by atoms with E-state index in [1.165, 1.54) is 22.7 Å². The zero-order chi connectivity index (χ0) is 16.8. The van der Waals surface area contributed by atoms with Gasteiger partial charge in [0.15, 0.2) is 5.78 Å². The molecule has 7 heteroatoms. The highest BCUT2D eigenvalue weighted by Gasteiger charge is 2.11. The monoisotopic (exact) mass is 357 g/mol. The van der Waals surface area contributed by atoms with Gasteiger partial charge in [-0.1, -0.05) is 6.07 Å². The predicted molar refractivity (Wildman–Crippen MR) is 95.1 cm³/mol. The third-order valence-corrected chi connectivity index (χ3v) is 5.17. The smallest absolute Gasteiger partial charge is 0.220 e. The number of hydrogen-bond donors (Lipinski definition) is 1. The number of pyridine rings is 1. The van der Waals surface area contributed by atoms with E-state index in [1.54, 1.807) is 18.5 Å². The molecule has 0 saturated carbocycles. The van der Waals surface area contributed by atoms with Crippen LogP contribution in [0.25, 0.3) is 10.6 Å². The van der Waals surface area contributed by atoms with Crippen molar-refractivity contribution in [2.24, 2.45) is 0 Å². The Morgan fingerprint density at radius 3 is 2.67 bits per heavy atom. The van der Waals surface area contributed by atoms with Crippen LogP contribution >= 0.6 is 22.7 Å². The number of carbonyl (C=O) groups excluding carboxylic acids is 2. The molecule has 0 atom stereocenters. The summed E-state index contributed by atoms with van der Waals surface area (Å²) in [5.41, 5.74) is 1.82. The highest BCUT2D eigenvalue weighted by atomic mass is 32.1. The second kappa shape index (κ2) is 7.94. The summed E-state index contributed by atoms with van der Waals surface area (Å²) in [4.78, 5) is 32.9. The van der Waals surface area contributed by atoms with Crippen LogP contribution in [0.4, 0.5) is 0 Å². The lowest BCUT2D eigenvalue weighted by atomic mass is 10.2. The van der Waals surface area contributed by atoms with Crippen LogP contribution in [0.5, 0.6) is 0 Å². The Kier molecular flexibility index (Phi) is 5.45. The van der Waals surface area contributed by atoms with Gasteiger partial charge in [0.25, 0.3) is 0 Å². The molecule has 5 nitrogen and oxygen atoms in total. The van der Waals surface area contributed by atoms with Crippen LogP contribution in [0.3, 0.4) is 0 Å². The van der Waals surface area contributed by atoms with Gasteiger partial charge >= 0.3 is 0 Å². The molecule has 3 aromatic heterocycles. The van der Waals surface area contributed by atoms with Gasteiger partial charge in [-0.2, -0.15) is 0 Å². The maximum Gasteiger partial charge on any atom is 0.220 e. The second-order valence-corrected chi connectivity index (χ2v) is 6.86. The maximum absolute atomic E-state index is 11.9. The fourth-order valence-electron chi connectivity index (χ4n) is 2.08. The molecule has 0 saturated heterocycles. The van der Waals surface area contributed by atoms with Crippen LogP contribution in [0.15, 0.2) is 47.4 Å². The number of ketones is 1. The lowest BCUT2D eigenvalue weighted by Gasteiger charge is -2.02. The summed E-state index contributed by atoms with van der Waals surface area (Å²) in [5, 5.41) is 7.49. The molecule has 3 rings (SSSR count). The van der Waals surface area contributed by atoms with E-state index in [1.807, 2.05) is 29.0 Å². The number of thiophene rings is 1. The molecular weight excluding hydrogens is 342 g/mol. The van der Waals surface area contributed by atoms with Crippen molar-refractivity contribution in [3.05, 3.63) is 58.0 Å². The minimum absolute atomic E-state index is 0.00813. The van der Waals surface area contributed by atoms with Crippen molar-refractivity contribution in [3.8, 4) is 10.6 Å². The molecule has 1 amide bonds. The summed E-state index contributed by atoms with van der Waals surface area (Å²) >= 11 is 2.93. The van der Waals surface area contributed by atoms with Crippen LogP contribution in [0.1, 0.15) is 28.2 Å². The molecule has 0 aliphatic heterocycles. The van der Waals surface area contributed by atoms with Crippen molar-refractivity contribution in [1.82, 2.24) is 15.3 Å². The van der Waals surface area contributed by atoms with E-state index >= 15 is 0 Å². The van der Waals surface area contributed by atoms with Crippen molar-refractivity contribution in [3.63, 3.8) is 0 Å². The zero-order valence-electron chi connectivity index (χ0n) is 12.8. The number of nitrogens with zero attached hydrogens (tertiary/aromatic N) is 2. The number of Topliss-reactive ketones (excluding diaryl/α,β-unsaturated/α-hetero) is 1. The molecule has 0 aliphatic rings. The van der Waals surface area contributed by atoms with Gasteiger partial charge in [-0.25, -0.2) is 4.98 Å². The van der Waals surface area contributed by atoms with Crippen LogP contribution < -0.4 is 5.32 Å². The number of aromatic nitrogens is 2. The number of nitrogens with one attached hydrogen (secondary N) is 1. The number of amides is 1. The Balaban J connectivity index is 1.46. The SMILES string of the molecule is O=C(CCC(=O)c1cccs1)NCc1csc(-c2ccncc2)n1. The number of rotatable bonds is 7. The van der Waals surface area contributed by atoms with Gasteiger partial charge in [-0.05, 0) is 23.6 Å². The van der Waals surface area contributed by atoms with Gasteiger partial charge in [0, 0.05) is 36.2 Å². The zero-order valence-corrected chi connectivity index (χ0v) is 14.4. The van der Waals surface area contributed by atoms with Gasteiger partial charge in [0.1, 0.15) is 5.01 Å². The number of carbonyl (C=O) groups is 2. The first kappa shape index (κ1) is 16.5. The predicted octanol–water partition coefficient (Wildman–Crippen LogP) is 3.55.